The highest BCUT2D eigenvalue weighted by Gasteiger charge is 2.13. The Balaban J connectivity index is -0.00000583. The number of carbonyl (C=O) groups excluding carboxylic acids is 2. The van der Waals surface area contributed by atoms with E-state index in [1.807, 2.05) is 0 Å². The Hall–Kier alpha value is -1.14. The van der Waals surface area contributed by atoms with Crippen molar-refractivity contribution in [3.63, 3.8) is 0 Å². The third-order valence-corrected chi connectivity index (χ3v) is 12.5. The monoisotopic (exact) mass is 910 g/mol. The van der Waals surface area contributed by atoms with Crippen LogP contribution in [0.4, 0.5) is 0 Å². The highest BCUT2D eigenvalue weighted by atomic mass is 16.5. The molecule has 0 heterocycles. The van der Waals surface area contributed by atoms with E-state index in [0.29, 0.717) is 44.5 Å². The van der Waals surface area contributed by atoms with E-state index in [2.05, 4.69) is 60.3 Å². The van der Waals surface area contributed by atoms with Crippen molar-refractivity contribution in [3.8, 4) is 0 Å². The van der Waals surface area contributed by atoms with E-state index in [-0.39, 0.29) is 11.9 Å². The van der Waals surface area contributed by atoms with Gasteiger partial charge in [0.15, 0.2) is 0 Å². The summed E-state index contributed by atoms with van der Waals surface area (Å²) in [6, 6.07) is 0. The smallest absolute Gasteiger partial charge is 0.305 e. The molecule has 0 aromatic carbocycles. The molecule has 2 atom stereocenters. The first kappa shape index (κ1) is 67.1. The van der Waals surface area contributed by atoms with E-state index in [1.165, 1.54) is 212 Å². The van der Waals surface area contributed by atoms with E-state index in [4.69, 9.17) is 9.47 Å². The molecule has 6 heteroatoms. The minimum atomic E-state index is 0.00194. The first-order valence-electron chi connectivity index (χ1n) is 29.0. The van der Waals surface area contributed by atoms with E-state index in [1.54, 1.807) is 0 Å². The van der Waals surface area contributed by atoms with Gasteiger partial charge in [0.05, 0.1) is 13.2 Å². The number of unbranched alkanes of at least 4 members (excludes halogenated alkanes) is 26. The zero-order chi connectivity index (χ0) is 47.8. The summed E-state index contributed by atoms with van der Waals surface area (Å²) in [6.07, 6.45) is 48.2. The van der Waals surface area contributed by atoms with Gasteiger partial charge in [-0.2, -0.15) is 0 Å². The summed E-state index contributed by atoms with van der Waals surface area (Å²) in [5.74, 6) is 1.10. The maximum Gasteiger partial charge on any atom is 0.305 e. The number of esters is 2. The molecule has 0 rings (SSSR count). The third-order valence-electron chi connectivity index (χ3n) is 12.5. The summed E-state index contributed by atoms with van der Waals surface area (Å²) in [6.45, 7) is 22.5. The topological polar surface area (TPSA) is 76.1 Å². The molecule has 0 saturated heterocycles. The van der Waals surface area contributed by atoms with Crippen LogP contribution in [-0.4, -0.2) is 61.4 Å². The number of carbonyl (C=O) groups is 2. The van der Waals surface area contributed by atoms with Crippen molar-refractivity contribution in [2.75, 3.05) is 39.5 Å². The van der Waals surface area contributed by atoms with E-state index in [0.717, 1.165) is 51.5 Å². The van der Waals surface area contributed by atoms with Crippen LogP contribution in [0.5, 0.6) is 0 Å². The predicted octanol–water partition coefficient (Wildman–Crippen LogP) is 18.3. The van der Waals surface area contributed by atoms with Crippen LogP contribution in [0, 0.1) is 11.8 Å². The van der Waals surface area contributed by atoms with E-state index >= 15 is 0 Å². The Morgan fingerprint density at radius 1 is 0.375 bits per heavy atom. The molecular formula is C58H119NO5. The molecule has 0 spiro atoms. The molecule has 386 valence electrons. The number of nitrogens with zero attached hydrogens (tertiary/aromatic N) is 1. The normalized spacial score (nSPS) is 12.0. The highest BCUT2D eigenvalue weighted by Crippen LogP contribution is 2.21. The average molecular weight is 911 g/mol. The number of hydrogen-bond donors (Lipinski definition) is 1. The van der Waals surface area contributed by atoms with Crippen LogP contribution < -0.4 is 0 Å². The van der Waals surface area contributed by atoms with Crippen LogP contribution in [0.2, 0.25) is 0 Å². The van der Waals surface area contributed by atoms with Crippen LogP contribution in [-0.2, 0) is 19.1 Å². The predicted molar refractivity (Wildman–Crippen MR) is 282 cm³/mol. The minimum Gasteiger partial charge on any atom is -0.465 e. The quantitative estimate of drug-likeness (QED) is 0.0484. The molecule has 0 aliphatic carbocycles. The molecule has 64 heavy (non-hydrogen) atoms. The number of ether oxygens (including phenoxy) is 2. The van der Waals surface area contributed by atoms with Crippen LogP contribution in [0.25, 0.3) is 0 Å². The summed E-state index contributed by atoms with van der Waals surface area (Å²) in [5, 5.41) is 9.30. The molecule has 0 aromatic heterocycles. The van der Waals surface area contributed by atoms with Crippen LogP contribution >= 0.6 is 0 Å². The second-order valence-electron chi connectivity index (χ2n) is 19.6. The second-order valence-corrected chi connectivity index (χ2v) is 19.6. The number of aliphatic hydroxyl groups excluding tert-OH is 1. The summed E-state index contributed by atoms with van der Waals surface area (Å²) in [7, 11) is 0. The van der Waals surface area contributed by atoms with Gasteiger partial charge >= 0.3 is 11.9 Å². The Morgan fingerprint density at radius 2 is 0.656 bits per heavy atom. The zero-order valence-electron chi connectivity index (χ0n) is 45.2. The Labute approximate surface area is 403 Å². The van der Waals surface area contributed by atoms with Crippen molar-refractivity contribution >= 4 is 11.9 Å². The number of aliphatic hydroxyl groups is 1. The fourth-order valence-electron chi connectivity index (χ4n) is 8.33. The largest absolute Gasteiger partial charge is 0.465 e. The summed E-state index contributed by atoms with van der Waals surface area (Å²) >= 11 is 0. The van der Waals surface area contributed by atoms with Gasteiger partial charge in [-0.3, -0.25) is 9.59 Å². The van der Waals surface area contributed by atoms with Gasteiger partial charge in [0.25, 0.3) is 0 Å². The molecule has 0 aliphatic heterocycles. The Kier molecular flexibility index (Phi) is 62.8. The van der Waals surface area contributed by atoms with Gasteiger partial charge in [-0.15, -0.1) is 0 Å². The summed E-state index contributed by atoms with van der Waals surface area (Å²) < 4.78 is 11.4. The van der Waals surface area contributed by atoms with Crippen molar-refractivity contribution < 1.29 is 24.2 Å². The molecule has 6 nitrogen and oxygen atoms in total. The molecule has 0 aliphatic rings. The average Bonchev–Trinajstić information content (AvgIpc) is 3.29. The lowest BCUT2D eigenvalue weighted by atomic mass is 9.95. The van der Waals surface area contributed by atoms with Crippen molar-refractivity contribution in [2.24, 2.45) is 11.8 Å². The number of rotatable bonds is 48. The Bertz CT molecular complexity index is 866. The van der Waals surface area contributed by atoms with Gasteiger partial charge in [0, 0.05) is 19.4 Å². The van der Waals surface area contributed by atoms with Gasteiger partial charge in [0.2, 0.25) is 0 Å². The molecule has 0 radical (unpaired) electrons. The van der Waals surface area contributed by atoms with Crippen molar-refractivity contribution in [2.45, 2.75) is 312 Å². The third kappa shape index (κ3) is 57.0. The minimum absolute atomic E-state index is 0.00194. The van der Waals surface area contributed by atoms with Gasteiger partial charge < -0.3 is 19.5 Å². The van der Waals surface area contributed by atoms with Gasteiger partial charge in [-0.05, 0) is 89.3 Å². The lowest BCUT2D eigenvalue weighted by molar-refractivity contribution is -0.146. The van der Waals surface area contributed by atoms with E-state index < -0.39 is 0 Å². The molecule has 0 saturated carbocycles. The first-order valence-corrected chi connectivity index (χ1v) is 29.0. The SMILES string of the molecule is CCC.CCC.CCCCCCCCC(CC)COC(=O)CCCCCCCCCN(CCCCO)CCCCCCCCCC(=O)OCC(CCCCCC)CCCCCCCC. The Morgan fingerprint density at radius 3 is 1.02 bits per heavy atom. The van der Waals surface area contributed by atoms with E-state index in [9.17, 15) is 14.7 Å². The molecule has 0 fully saturated rings. The molecule has 1 N–H and O–H groups in total. The summed E-state index contributed by atoms with van der Waals surface area (Å²) in [4.78, 5) is 27.4. The zero-order valence-corrected chi connectivity index (χ0v) is 45.2. The second kappa shape index (κ2) is 59.9. The molecule has 0 aromatic rings. The lowest BCUT2D eigenvalue weighted by Crippen LogP contribution is -2.27. The lowest BCUT2D eigenvalue weighted by Gasteiger charge is -2.22. The van der Waals surface area contributed by atoms with Crippen molar-refractivity contribution in [1.29, 1.82) is 0 Å². The molecule has 2 unspecified atom stereocenters. The molecule has 0 bridgehead atoms. The fraction of sp³-hybridized carbons (Fsp3) is 0.966. The standard InChI is InChI=1S/C52H103NO5.2C3H8/c1-5-9-12-15-23-30-38-49(8-4)47-57-51(55)41-32-25-19-17-21-27-34-43-53(45-36-37-46-54)44-35-28-22-18-20-26-33-42-52(56)58-48-50(39-29-14-11-7-3)40-31-24-16-13-10-6-2;2*1-3-2/h49-50,54H,5-48H2,1-4H3;2*3H2,1-2H3. The van der Waals surface area contributed by atoms with Gasteiger partial charge in [-0.25, -0.2) is 0 Å². The maximum atomic E-state index is 12.5. The van der Waals surface area contributed by atoms with Crippen LogP contribution in [0.15, 0.2) is 0 Å². The van der Waals surface area contributed by atoms with Crippen molar-refractivity contribution in [3.05, 3.63) is 0 Å². The van der Waals surface area contributed by atoms with Gasteiger partial charge in [-0.1, -0.05) is 242 Å². The first-order chi connectivity index (χ1) is 31.3. The maximum absolute atomic E-state index is 12.5. The van der Waals surface area contributed by atoms with Gasteiger partial charge in [0.1, 0.15) is 0 Å². The summed E-state index contributed by atoms with van der Waals surface area (Å²) in [5.41, 5.74) is 0. The number of hydrogen-bond acceptors (Lipinski definition) is 6. The van der Waals surface area contributed by atoms with Crippen LogP contribution in [0.1, 0.15) is 312 Å². The van der Waals surface area contributed by atoms with Crippen LogP contribution in [0.3, 0.4) is 0 Å². The molecule has 0 amide bonds. The molecular weight excluding hydrogens is 791 g/mol. The van der Waals surface area contributed by atoms with Crippen molar-refractivity contribution in [1.82, 2.24) is 4.90 Å². The fourth-order valence-corrected chi connectivity index (χ4v) is 8.33. The highest BCUT2D eigenvalue weighted by molar-refractivity contribution is 5.69.